The molecule has 1 unspecified atom stereocenters. The van der Waals surface area contributed by atoms with Crippen LogP contribution in [0.5, 0.6) is 5.88 Å². The van der Waals surface area contributed by atoms with E-state index in [1.807, 2.05) is 0 Å². The van der Waals surface area contributed by atoms with Gasteiger partial charge in [0.2, 0.25) is 5.88 Å². The van der Waals surface area contributed by atoms with Crippen molar-refractivity contribution in [2.45, 2.75) is 44.6 Å². The molecule has 1 aliphatic carbocycles. The number of ether oxygens (including phenoxy) is 1. The molecule has 1 saturated carbocycles. The van der Waals surface area contributed by atoms with Gasteiger partial charge < -0.3 is 4.74 Å². The molecule has 6 nitrogen and oxygen atoms in total. The van der Waals surface area contributed by atoms with E-state index < -0.39 is 9.84 Å². The first-order valence-corrected chi connectivity index (χ1v) is 9.66. The summed E-state index contributed by atoms with van der Waals surface area (Å²) in [5.74, 6) is 0.350. The van der Waals surface area contributed by atoms with Gasteiger partial charge in [-0.05, 0) is 38.0 Å². The average molecular weight is 336 g/mol. The number of sulfone groups is 1. The summed E-state index contributed by atoms with van der Waals surface area (Å²) in [6.07, 6.45) is 10.0. The van der Waals surface area contributed by atoms with Gasteiger partial charge in [0.1, 0.15) is 11.8 Å². The number of hydrogen-bond acceptors (Lipinski definition) is 6. The predicted octanol–water partition coefficient (Wildman–Crippen LogP) is 2.32. The molecule has 2 heterocycles. The quantitative estimate of drug-likeness (QED) is 0.741. The average Bonchev–Trinajstić information content (AvgIpc) is 3.15. The van der Waals surface area contributed by atoms with Crippen LogP contribution in [0.25, 0.3) is 0 Å². The van der Waals surface area contributed by atoms with Gasteiger partial charge in [0.05, 0.1) is 18.1 Å². The summed E-state index contributed by atoms with van der Waals surface area (Å²) < 4.78 is 28.4. The van der Waals surface area contributed by atoms with Crippen LogP contribution in [0, 0.1) is 5.92 Å². The van der Waals surface area contributed by atoms with Crippen LogP contribution in [-0.2, 0) is 9.84 Å². The third-order valence-electron chi connectivity index (χ3n) is 4.25. The maximum absolute atomic E-state index is 12.1. The van der Waals surface area contributed by atoms with Crippen molar-refractivity contribution in [3.63, 3.8) is 0 Å². The summed E-state index contributed by atoms with van der Waals surface area (Å²) in [5.41, 5.74) is 0.300. The molecule has 1 fully saturated rings. The lowest BCUT2D eigenvalue weighted by Gasteiger charge is -2.11. The Bertz CT molecular complexity index is 691. The summed E-state index contributed by atoms with van der Waals surface area (Å²) in [6, 6.07) is 0. The van der Waals surface area contributed by atoms with Crippen molar-refractivity contribution in [1.29, 1.82) is 0 Å². The van der Waals surface area contributed by atoms with Crippen molar-refractivity contribution in [2.24, 2.45) is 5.92 Å². The Balaban J connectivity index is 1.50. The highest BCUT2D eigenvalue weighted by atomic mass is 32.2. The van der Waals surface area contributed by atoms with Crippen LogP contribution in [0.4, 0.5) is 0 Å². The molecule has 0 saturated heterocycles. The van der Waals surface area contributed by atoms with Gasteiger partial charge in [-0.2, -0.15) is 0 Å². The zero-order valence-corrected chi connectivity index (χ0v) is 13.7. The van der Waals surface area contributed by atoms with Gasteiger partial charge in [-0.3, -0.25) is 4.79 Å². The van der Waals surface area contributed by atoms with Crippen molar-refractivity contribution in [1.82, 2.24) is 9.97 Å². The number of carbonyl (C=O) groups is 1. The number of ketones is 1. The van der Waals surface area contributed by atoms with Gasteiger partial charge >= 0.3 is 0 Å². The second kappa shape index (κ2) is 6.78. The monoisotopic (exact) mass is 336 g/mol. The molecule has 0 bridgehead atoms. The number of nitrogens with zero attached hydrogens (tertiary/aromatic N) is 2. The van der Waals surface area contributed by atoms with E-state index in [0.29, 0.717) is 18.0 Å². The van der Waals surface area contributed by atoms with E-state index in [1.165, 1.54) is 30.6 Å². The summed E-state index contributed by atoms with van der Waals surface area (Å²) >= 11 is 0. The summed E-state index contributed by atoms with van der Waals surface area (Å²) in [4.78, 5) is 20.4. The highest BCUT2D eigenvalue weighted by molar-refractivity contribution is 7.94. The predicted molar refractivity (Wildman–Crippen MR) is 84.9 cm³/mol. The van der Waals surface area contributed by atoms with Crippen LogP contribution in [0.15, 0.2) is 23.9 Å². The number of rotatable bonds is 6. The molecular weight excluding hydrogens is 316 g/mol. The second-order valence-corrected chi connectivity index (χ2v) is 8.08. The fourth-order valence-electron chi connectivity index (χ4n) is 2.96. The van der Waals surface area contributed by atoms with Gasteiger partial charge in [-0.15, -0.1) is 0 Å². The smallest absolute Gasteiger partial charge is 0.232 e. The molecule has 0 spiro atoms. The Labute approximate surface area is 135 Å². The molecular formula is C16H20N2O4S. The third kappa shape index (κ3) is 4.37. The molecule has 0 amide bonds. The van der Waals surface area contributed by atoms with Gasteiger partial charge in [0.15, 0.2) is 15.6 Å². The van der Waals surface area contributed by atoms with Crippen molar-refractivity contribution < 1.29 is 17.9 Å². The highest BCUT2D eigenvalue weighted by Crippen LogP contribution is 2.23. The van der Waals surface area contributed by atoms with Crippen molar-refractivity contribution in [2.75, 3.05) is 5.75 Å². The van der Waals surface area contributed by atoms with E-state index in [4.69, 9.17) is 4.74 Å². The van der Waals surface area contributed by atoms with E-state index in [2.05, 4.69) is 9.97 Å². The van der Waals surface area contributed by atoms with E-state index in [-0.39, 0.29) is 30.0 Å². The van der Waals surface area contributed by atoms with Crippen LogP contribution in [0.1, 0.15) is 49.0 Å². The van der Waals surface area contributed by atoms with E-state index in [1.54, 1.807) is 6.08 Å². The van der Waals surface area contributed by atoms with E-state index in [0.717, 1.165) is 12.8 Å². The van der Waals surface area contributed by atoms with Crippen molar-refractivity contribution >= 4 is 15.6 Å². The standard InChI is InChI=1S/C16H20N2O4S/c19-15(6-5-12-7-8-23(20,21)11-12)14-9-18-16(10-17-14)22-13-3-1-2-4-13/h7-10,12-13H,1-6,11H2. The van der Waals surface area contributed by atoms with Gasteiger partial charge in [0.25, 0.3) is 0 Å². The van der Waals surface area contributed by atoms with Gasteiger partial charge in [0, 0.05) is 11.8 Å². The lowest BCUT2D eigenvalue weighted by molar-refractivity contribution is 0.0971. The Kier molecular flexibility index (Phi) is 4.75. The minimum atomic E-state index is -3.06. The van der Waals surface area contributed by atoms with Crippen molar-refractivity contribution in [3.8, 4) is 5.88 Å². The largest absolute Gasteiger partial charge is 0.473 e. The molecule has 124 valence electrons. The van der Waals surface area contributed by atoms with Crippen LogP contribution in [0.2, 0.25) is 0 Å². The van der Waals surface area contributed by atoms with Crippen LogP contribution in [-0.4, -0.2) is 36.0 Å². The molecule has 0 radical (unpaired) electrons. The second-order valence-electron chi connectivity index (χ2n) is 6.14. The molecule has 1 atom stereocenters. The molecule has 1 aromatic rings. The summed E-state index contributed by atoms with van der Waals surface area (Å²) in [6.45, 7) is 0. The molecule has 3 rings (SSSR count). The Morgan fingerprint density at radius 1 is 1.22 bits per heavy atom. The molecule has 1 aliphatic heterocycles. The molecule has 2 aliphatic rings. The third-order valence-corrected chi connectivity index (χ3v) is 5.71. The number of Topliss-reactive ketones (excluding diaryl/α,β-unsaturated/α-hetero) is 1. The SMILES string of the molecule is O=C(CCC1C=CS(=O)(=O)C1)c1cnc(OC2CCCC2)cn1. The van der Waals surface area contributed by atoms with Gasteiger partial charge in [-0.1, -0.05) is 6.08 Å². The maximum Gasteiger partial charge on any atom is 0.232 e. The first-order valence-electron chi connectivity index (χ1n) is 7.95. The number of aromatic nitrogens is 2. The summed E-state index contributed by atoms with van der Waals surface area (Å²) in [7, 11) is -3.06. The Hall–Kier alpha value is -1.76. The number of hydrogen-bond donors (Lipinski definition) is 0. The summed E-state index contributed by atoms with van der Waals surface area (Å²) in [5, 5.41) is 1.23. The fraction of sp³-hybridized carbons (Fsp3) is 0.562. The van der Waals surface area contributed by atoms with Gasteiger partial charge in [-0.25, -0.2) is 18.4 Å². The highest BCUT2D eigenvalue weighted by Gasteiger charge is 2.23. The molecule has 1 aromatic heterocycles. The minimum Gasteiger partial charge on any atom is -0.473 e. The first kappa shape index (κ1) is 16.1. The zero-order valence-electron chi connectivity index (χ0n) is 12.8. The molecule has 0 aromatic carbocycles. The van der Waals surface area contributed by atoms with Crippen LogP contribution >= 0.6 is 0 Å². The number of carbonyl (C=O) groups excluding carboxylic acids is 1. The van der Waals surface area contributed by atoms with Crippen LogP contribution in [0.3, 0.4) is 0 Å². The lowest BCUT2D eigenvalue weighted by atomic mass is 10.0. The molecule has 23 heavy (non-hydrogen) atoms. The molecule has 0 N–H and O–H groups in total. The maximum atomic E-state index is 12.1. The normalized spacial score (nSPS) is 23.2. The minimum absolute atomic E-state index is 0.0816. The molecule has 7 heteroatoms. The zero-order chi connectivity index (χ0) is 16.3. The van der Waals surface area contributed by atoms with E-state index >= 15 is 0 Å². The topological polar surface area (TPSA) is 86.2 Å². The fourth-order valence-corrected chi connectivity index (χ4v) is 4.41. The lowest BCUT2D eigenvalue weighted by Crippen LogP contribution is -2.13. The number of allylic oxidation sites excluding steroid dienone is 1. The Morgan fingerprint density at radius 3 is 2.61 bits per heavy atom. The van der Waals surface area contributed by atoms with Crippen LogP contribution < -0.4 is 4.74 Å². The van der Waals surface area contributed by atoms with Crippen molar-refractivity contribution in [3.05, 3.63) is 29.6 Å². The Morgan fingerprint density at radius 2 is 2.00 bits per heavy atom. The first-order chi connectivity index (χ1) is 11.0. The van der Waals surface area contributed by atoms with E-state index in [9.17, 15) is 13.2 Å².